The molecule has 0 saturated carbocycles. The van der Waals surface area contributed by atoms with E-state index in [0.29, 0.717) is 6.54 Å². The fourth-order valence-corrected chi connectivity index (χ4v) is 3.61. The summed E-state index contributed by atoms with van der Waals surface area (Å²) in [7, 11) is 0. The molecule has 0 unspecified atom stereocenters. The van der Waals surface area contributed by atoms with Gasteiger partial charge in [0.2, 0.25) is 0 Å². The summed E-state index contributed by atoms with van der Waals surface area (Å²) in [5.74, 6) is 0. The minimum absolute atomic E-state index is 0.0581. The van der Waals surface area contributed by atoms with Crippen LogP contribution in [0.5, 0.6) is 0 Å². The van der Waals surface area contributed by atoms with E-state index < -0.39 is 0 Å². The lowest BCUT2D eigenvalue weighted by molar-refractivity contribution is 0.194. The molecule has 0 saturated heterocycles. The zero-order chi connectivity index (χ0) is 17.9. The van der Waals surface area contributed by atoms with E-state index in [0.717, 1.165) is 17.7 Å². The van der Waals surface area contributed by atoms with Crippen molar-refractivity contribution in [2.24, 2.45) is 0 Å². The lowest BCUT2D eigenvalue weighted by Gasteiger charge is -2.37. The van der Waals surface area contributed by atoms with E-state index in [4.69, 9.17) is 0 Å². The van der Waals surface area contributed by atoms with Crippen LogP contribution in [-0.2, 0) is 6.42 Å². The van der Waals surface area contributed by atoms with Crippen molar-refractivity contribution in [1.82, 2.24) is 4.90 Å². The molecule has 26 heavy (non-hydrogen) atoms. The Morgan fingerprint density at radius 3 is 2.38 bits per heavy atom. The van der Waals surface area contributed by atoms with Crippen LogP contribution in [0, 0.1) is 6.92 Å². The van der Waals surface area contributed by atoms with Crippen LogP contribution in [-0.4, -0.2) is 17.5 Å². The Labute approximate surface area is 154 Å². The highest BCUT2D eigenvalue weighted by Gasteiger charge is 2.31. The largest absolute Gasteiger partial charge is 0.322 e. The normalized spacial score (nSPS) is 16.0. The molecule has 0 bridgehead atoms. The summed E-state index contributed by atoms with van der Waals surface area (Å²) in [6.07, 6.45) is 0.876. The molecule has 3 aromatic rings. The van der Waals surface area contributed by atoms with Gasteiger partial charge in [0.25, 0.3) is 0 Å². The number of nitrogens with zero attached hydrogens (tertiary/aromatic N) is 1. The molecule has 0 spiro atoms. The third-order valence-electron chi connectivity index (χ3n) is 4.96. The van der Waals surface area contributed by atoms with Gasteiger partial charge in [-0.2, -0.15) is 0 Å². The summed E-state index contributed by atoms with van der Waals surface area (Å²) in [4.78, 5) is 15.0. The number of carbonyl (C=O) groups excluding carboxylic acids is 1. The third kappa shape index (κ3) is 3.21. The second-order valence-corrected chi connectivity index (χ2v) is 6.75. The number of hydrogen-bond acceptors (Lipinski definition) is 1. The van der Waals surface area contributed by atoms with Crippen molar-refractivity contribution < 1.29 is 4.79 Å². The molecule has 0 radical (unpaired) electrons. The smallest absolute Gasteiger partial charge is 0.313 e. The van der Waals surface area contributed by atoms with E-state index in [1.54, 1.807) is 0 Å². The van der Waals surface area contributed by atoms with Gasteiger partial charge in [-0.15, -0.1) is 0 Å². The van der Waals surface area contributed by atoms with Crippen molar-refractivity contribution in [2.45, 2.75) is 19.4 Å². The predicted octanol–water partition coefficient (Wildman–Crippen LogP) is 5.17. The maximum Gasteiger partial charge on any atom is 0.322 e. The molecule has 1 N–H and O–H groups in total. The number of amides is 2. The molecule has 3 heteroatoms. The molecule has 3 aromatic carbocycles. The summed E-state index contributed by atoms with van der Waals surface area (Å²) < 4.78 is 0. The molecular formula is C23H22N2O. The summed E-state index contributed by atoms with van der Waals surface area (Å²) in [5, 5.41) is 3.06. The number of fused-ring (bicyclic) bond motifs is 1. The minimum Gasteiger partial charge on any atom is -0.313 e. The van der Waals surface area contributed by atoms with Crippen molar-refractivity contribution in [2.75, 3.05) is 11.9 Å². The highest BCUT2D eigenvalue weighted by atomic mass is 16.2. The molecule has 0 fully saturated rings. The van der Waals surface area contributed by atoms with Gasteiger partial charge in [0, 0.05) is 12.2 Å². The molecule has 1 heterocycles. The first-order valence-electron chi connectivity index (χ1n) is 8.99. The number of aryl methyl sites for hydroxylation is 1. The standard InChI is InChI=1S/C23H22N2O/c1-17-11-13-20(14-12-17)24-23(26)25-16-15-18-7-5-6-10-21(18)22(25)19-8-3-2-4-9-19/h2-14,22H,15-16H2,1H3,(H,24,26)/t22-/m0/s1. The van der Waals surface area contributed by atoms with Crippen LogP contribution in [0.1, 0.15) is 28.3 Å². The summed E-state index contributed by atoms with van der Waals surface area (Å²) in [6, 6.07) is 26.5. The van der Waals surface area contributed by atoms with Crippen molar-refractivity contribution in [3.05, 3.63) is 101 Å². The Morgan fingerprint density at radius 1 is 0.923 bits per heavy atom. The summed E-state index contributed by atoms with van der Waals surface area (Å²) >= 11 is 0. The topological polar surface area (TPSA) is 32.3 Å². The summed E-state index contributed by atoms with van der Waals surface area (Å²) in [5.41, 5.74) is 5.67. The summed E-state index contributed by atoms with van der Waals surface area (Å²) in [6.45, 7) is 2.74. The Hall–Kier alpha value is -3.07. The van der Waals surface area contributed by atoms with Gasteiger partial charge in [-0.1, -0.05) is 72.3 Å². The van der Waals surface area contributed by atoms with Gasteiger partial charge >= 0.3 is 6.03 Å². The average Bonchev–Trinajstić information content (AvgIpc) is 2.69. The second-order valence-electron chi connectivity index (χ2n) is 6.75. The van der Waals surface area contributed by atoms with Gasteiger partial charge in [-0.25, -0.2) is 4.79 Å². The van der Waals surface area contributed by atoms with E-state index in [1.165, 1.54) is 16.7 Å². The monoisotopic (exact) mass is 342 g/mol. The number of carbonyl (C=O) groups is 1. The molecule has 1 aliphatic rings. The molecule has 0 aliphatic carbocycles. The van der Waals surface area contributed by atoms with Gasteiger partial charge in [-0.3, -0.25) is 0 Å². The van der Waals surface area contributed by atoms with Gasteiger partial charge in [0.1, 0.15) is 0 Å². The van der Waals surface area contributed by atoms with Crippen molar-refractivity contribution in [3.8, 4) is 0 Å². The first kappa shape index (κ1) is 16.4. The minimum atomic E-state index is -0.0633. The third-order valence-corrected chi connectivity index (χ3v) is 4.96. The fraction of sp³-hybridized carbons (Fsp3) is 0.174. The second kappa shape index (κ2) is 7.04. The van der Waals surface area contributed by atoms with Gasteiger partial charge < -0.3 is 10.2 Å². The predicted molar refractivity (Wildman–Crippen MR) is 105 cm³/mol. The van der Waals surface area contributed by atoms with E-state index in [-0.39, 0.29) is 12.1 Å². The fourth-order valence-electron chi connectivity index (χ4n) is 3.61. The van der Waals surface area contributed by atoms with Crippen LogP contribution in [0.3, 0.4) is 0 Å². The van der Waals surface area contributed by atoms with E-state index in [9.17, 15) is 4.79 Å². The molecule has 3 nitrogen and oxygen atoms in total. The molecule has 0 aromatic heterocycles. The van der Waals surface area contributed by atoms with Crippen LogP contribution < -0.4 is 5.32 Å². The number of urea groups is 1. The Balaban J connectivity index is 1.68. The van der Waals surface area contributed by atoms with E-state index in [2.05, 4.69) is 41.7 Å². The Morgan fingerprint density at radius 2 is 1.62 bits per heavy atom. The van der Waals surface area contributed by atoms with Gasteiger partial charge in [0.15, 0.2) is 0 Å². The molecule has 1 atom stereocenters. The Bertz CT molecular complexity index is 903. The maximum absolute atomic E-state index is 13.1. The molecule has 1 aliphatic heterocycles. The van der Waals surface area contributed by atoms with Crippen molar-refractivity contribution in [1.29, 1.82) is 0 Å². The van der Waals surface area contributed by atoms with Gasteiger partial charge in [-0.05, 0) is 42.2 Å². The van der Waals surface area contributed by atoms with Crippen LogP contribution in [0.15, 0.2) is 78.9 Å². The van der Waals surface area contributed by atoms with Crippen LogP contribution in [0.25, 0.3) is 0 Å². The number of hydrogen-bond donors (Lipinski definition) is 1. The molecular weight excluding hydrogens is 320 g/mol. The molecule has 2 amide bonds. The van der Waals surface area contributed by atoms with Gasteiger partial charge in [0.05, 0.1) is 6.04 Å². The zero-order valence-electron chi connectivity index (χ0n) is 14.9. The number of anilines is 1. The van der Waals surface area contributed by atoms with E-state index in [1.807, 2.05) is 54.3 Å². The SMILES string of the molecule is Cc1ccc(NC(=O)N2CCc3ccccc3[C@@H]2c2ccccc2)cc1. The lowest BCUT2D eigenvalue weighted by Crippen LogP contribution is -2.42. The lowest BCUT2D eigenvalue weighted by atomic mass is 9.88. The van der Waals surface area contributed by atoms with Crippen LogP contribution in [0.4, 0.5) is 10.5 Å². The highest BCUT2D eigenvalue weighted by molar-refractivity contribution is 5.90. The average molecular weight is 342 g/mol. The number of nitrogens with one attached hydrogen (secondary N) is 1. The molecule has 130 valence electrons. The Kier molecular flexibility index (Phi) is 4.44. The van der Waals surface area contributed by atoms with Crippen molar-refractivity contribution in [3.63, 3.8) is 0 Å². The first-order chi connectivity index (χ1) is 12.7. The quantitative estimate of drug-likeness (QED) is 0.684. The van der Waals surface area contributed by atoms with E-state index >= 15 is 0 Å². The first-order valence-corrected chi connectivity index (χ1v) is 8.99. The highest BCUT2D eigenvalue weighted by Crippen LogP contribution is 2.35. The molecule has 4 rings (SSSR count). The maximum atomic E-state index is 13.1. The number of benzene rings is 3. The van der Waals surface area contributed by atoms with Crippen LogP contribution >= 0.6 is 0 Å². The number of rotatable bonds is 2. The van der Waals surface area contributed by atoms with Crippen LogP contribution in [0.2, 0.25) is 0 Å². The van der Waals surface area contributed by atoms with Crippen molar-refractivity contribution >= 4 is 11.7 Å². The zero-order valence-corrected chi connectivity index (χ0v) is 14.9.